The van der Waals surface area contributed by atoms with Gasteiger partial charge in [-0.1, -0.05) is 0 Å². The van der Waals surface area contributed by atoms with E-state index in [0.29, 0.717) is 0 Å². The molecule has 1 radical (unpaired) electrons. The van der Waals surface area contributed by atoms with Gasteiger partial charge in [-0.15, -0.1) is 0 Å². The van der Waals surface area contributed by atoms with Crippen molar-refractivity contribution < 1.29 is 35.4 Å². The van der Waals surface area contributed by atoms with Crippen molar-refractivity contribution in [1.82, 2.24) is 0 Å². The second-order valence-corrected chi connectivity index (χ2v) is 3.44. The van der Waals surface area contributed by atoms with Gasteiger partial charge < -0.3 is 35.4 Å². The maximum absolute atomic E-state index is 9.48. The van der Waals surface area contributed by atoms with E-state index < -0.39 is 43.7 Å². The van der Waals surface area contributed by atoms with Crippen molar-refractivity contribution in [3.8, 4) is 0 Å². The average Bonchev–Trinajstić information content (AvgIpc) is 2.26. The van der Waals surface area contributed by atoms with Crippen LogP contribution in [0.5, 0.6) is 0 Å². The van der Waals surface area contributed by atoms with Gasteiger partial charge in [0.05, 0.1) is 25.9 Å². The molecule has 0 heterocycles. The Labute approximate surface area is 93.5 Å². The van der Waals surface area contributed by atoms with E-state index in [-0.39, 0.29) is 6.61 Å². The van der Waals surface area contributed by atoms with E-state index >= 15 is 0 Å². The number of ether oxygens (including phenoxy) is 1. The molecule has 0 aromatic carbocycles. The zero-order valence-corrected chi connectivity index (χ0v) is 8.81. The summed E-state index contributed by atoms with van der Waals surface area (Å²) in [7, 11) is 0. The molecule has 7 heteroatoms. The van der Waals surface area contributed by atoms with Crippen LogP contribution in [0.2, 0.25) is 0 Å². The summed E-state index contributed by atoms with van der Waals surface area (Å²) in [6.45, 7) is 1.53. The Balaban J connectivity index is 4.40. The molecule has 0 saturated heterocycles. The molecule has 0 aliphatic heterocycles. The summed E-state index contributed by atoms with van der Waals surface area (Å²) >= 11 is 0. The molecular weight excluding hydrogens is 220 g/mol. The van der Waals surface area contributed by atoms with Crippen molar-refractivity contribution in [3.63, 3.8) is 0 Å². The van der Waals surface area contributed by atoms with E-state index in [0.717, 1.165) is 0 Å². The first kappa shape index (κ1) is 15.7. The van der Waals surface area contributed by atoms with E-state index in [9.17, 15) is 10.2 Å². The lowest BCUT2D eigenvalue weighted by Gasteiger charge is -2.29. The fourth-order valence-electron chi connectivity index (χ4n) is 1.09. The van der Waals surface area contributed by atoms with E-state index in [1.807, 2.05) is 0 Å². The van der Waals surface area contributed by atoms with E-state index in [4.69, 9.17) is 25.2 Å². The number of hydrogen-bond donors (Lipinski definition) is 6. The molecule has 0 aromatic rings. The fourth-order valence-corrected chi connectivity index (χ4v) is 1.09. The molecule has 1 unspecified atom stereocenters. The highest BCUT2D eigenvalue weighted by atomic mass is 16.5. The van der Waals surface area contributed by atoms with Gasteiger partial charge in [0.2, 0.25) is 0 Å². The molecule has 0 aliphatic carbocycles. The zero-order chi connectivity index (χ0) is 12.7. The zero-order valence-electron chi connectivity index (χ0n) is 8.81. The number of aliphatic hydroxyl groups excluding tert-OH is 6. The van der Waals surface area contributed by atoms with Crippen molar-refractivity contribution in [2.45, 2.75) is 30.5 Å². The van der Waals surface area contributed by atoms with Crippen molar-refractivity contribution in [2.24, 2.45) is 0 Å². The van der Waals surface area contributed by atoms with E-state index in [2.05, 4.69) is 6.92 Å². The van der Waals surface area contributed by atoms with E-state index in [1.54, 1.807) is 0 Å². The lowest BCUT2D eigenvalue weighted by Crippen LogP contribution is -2.49. The molecule has 0 saturated carbocycles. The molecule has 16 heavy (non-hydrogen) atoms. The third-order valence-corrected chi connectivity index (χ3v) is 1.97. The molecule has 0 spiro atoms. The van der Waals surface area contributed by atoms with Crippen LogP contribution in [0.1, 0.15) is 0 Å². The van der Waals surface area contributed by atoms with Crippen molar-refractivity contribution >= 4 is 0 Å². The second-order valence-electron chi connectivity index (χ2n) is 3.44. The van der Waals surface area contributed by atoms with Gasteiger partial charge in [0.15, 0.2) is 0 Å². The Kier molecular flexibility index (Phi) is 7.77. The van der Waals surface area contributed by atoms with Crippen molar-refractivity contribution in [2.75, 3.05) is 19.8 Å². The molecule has 7 nitrogen and oxygen atoms in total. The van der Waals surface area contributed by atoms with Crippen molar-refractivity contribution in [3.05, 3.63) is 6.92 Å². The van der Waals surface area contributed by atoms with Crippen LogP contribution in [0.3, 0.4) is 0 Å². The van der Waals surface area contributed by atoms with Crippen LogP contribution >= 0.6 is 0 Å². The first-order valence-electron chi connectivity index (χ1n) is 4.82. The first-order chi connectivity index (χ1) is 7.43. The largest absolute Gasteiger partial charge is 0.394 e. The van der Waals surface area contributed by atoms with Crippen LogP contribution in [-0.2, 0) is 4.74 Å². The number of aliphatic hydroxyl groups is 6. The second kappa shape index (κ2) is 7.91. The smallest absolute Gasteiger partial charge is 0.114 e. The summed E-state index contributed by atoms with van der Waals surface area (Å²) in [6, 6.07) is 0. The molecule has 0 fully saturated rings. The van der Waals surface area contributed by atoms with E-state index in [1.165, 1.54) is 0 Å². The highest BCUT2D eigenvalue weighted by Crippen LogP contribution is 2.10. The van der Waals surface area contributed by atoms with Crippen LogP contribution in [-0.4, -0.2) is 81.0 Å². The number of hydrogen-bond acceptors (Lipinski definition) is 7. The predicted molar refractivity (Wildman–Crippen MR) is 53.3 cm³/mol. The van der Waals surface area contributed by atoms with Gasteiger partial charge >= 0.3 is 0 Å². The van der Waals surface area contributed by atoms with Gasteiger partial charge in [0.1, 0.15) is 24.4 Å². The van der Waals surface area contributed by atoms with Gasteiger partial charge in [-0.3, -0.25) is 0 Å². The minimum atomic E-state index is -1.58. The van der Waals surface area contributed by atoms with Crippen LogP contribution in [0.4, 0.5) is 0 Å². The summed E-state index contributed by atoms with van der Waals surface area (Å²) in [5.41, 5.74) is 0. The van der Waals surface area contributed by atoms with Gasteiger partial charge in [0.25, 0.3) is 0 Å². The quantitative estimate of drug-likeness (QED) is 0.261. The molecular formula is C9H19O7. The molecule has 0 aromatic heterocycles. The Morgan fingerprint density at radius 1 is 0.938 bits per heavy atom. The summed E-state index contributed by atoms with van der Waals surface area (Å²) in [4.78, 5) is 0. The first-order valence-corrected chi connectivity index (χ1v) is 4.82. The molecule has 97 valence electrons. The van der Waals surface area contributed by atoms with Gasteiger partial charge in [-0.2, -0.15) is 0 Å². The normalized spacial score (nSPS) is 21.2. The Morgan fingerprint density at radius 3 is 1.81 bits per heavy atom. The fraction of sp³-hybridized carbons (Fsp3) is 0.889. The Hall–Kier alpha value is -0.280. The van der Waals surface area contributed by atoms with Crippen LogP contribution in [0, 0.1) is 6.92 Å². The van der Waals surface area contributed by atoms with Gasteiger partial charge in [-0.05, 0) is 6.92 Å². The van der Waals surface area contributed by atoms with Crippen LogP contribution in [0.15, 0.2) is 0 Å². The van der Waals surface area contributed by atoms with Crippen molar-refractivity contribution in [1.29, 1.82) is 0 Å². The highest BCUT2D eigenvalue weighted by Gasteiger charge is 2.32. The maximum Gasteiger partial charge on any atom is 0.114 e. The molecule has 0 bridgehead atoms. The standard InChI is InChI=1S/C9H19O7/c1-5(12)4-16-9(7(14)3-11)8(15)6(13)2-10/h5-15H,1-4H2/t5?,6-,7-,8-,9-/m1/s1. The predicted octanol–water partition coefficient (Wildman–Crippen LogP) is -3.37. The molecule has 0 rings (SSSR count). The molecule has 0 amide bonds. The third kappa shape index (κ3) is 5.17. The van der Waals surface area contributed by atoms with Gasteiger partial charge in [0, 0.05) is 0 Å². The van der Waals surface area contributed by atoms with Gasteiger partial charge in [-0.25, -0.2) is 0 Å². The summed E-state index contributed by atoms with van der Waals surface area (Å²) in [6.07, 6.45) is -6.90. The van der Waals surface area contributed by atoms with Crippen LogP contribution < -0.4 is 0 Å². The average molecular weight is 239 g/mol. The minimum Gasteiger partial charge on any atom is -0.394 e. The molecule has 5 atom stereocenters. The Bertz CT molecular complexity index is 175. The molecule has 0 aliphatic rings. The molecule has 6 N–H and O–H groups in total. The third-order valence-electron chi connectivity index (χ3n) is 1.97. The highest BCUT2D eigenvalue weighted by molar-refractivity contribution is 4.82. The lowest BCUT2D eigenvalue weighted by molar-refractivity contribution is -0.156. The topological polar surface area (TPSA) is 131 Å². The summed E-state index contributed by atoms with van der Waals surface area (Å²) < 4.78 is 4.90. The van der Waals surface area contributed by atoms with Crippen LogP contribution in [0.25, 0.3) is 0 Å². The summed E-state index contributed by atoms with van der Waals surface area (Å²) in [5, 5.41) is 54.1. The Morgan fingerprint density at radius 2 is 1.44 bits per heavy atom. The number of rotatable bonds is 8. The minimum absolute atomic E-state index is 0.281. The monoisotopic (exact) mass is 239 g/mol. The summed E-state index contributed by atoms with van der Waals surface area (Å²) in [5.74, 6) is 0. The lowest BCUT2D eigenvalue weighted by atomic mass is 10.0. The SMILES string of the molecule is [CH2]C(O)CO[C@@H]([C@H](O)[C@H](O)CO)[C@H](O)CO. The maximum atomic E-state index is 9.48.